The molecule has 0 bridgehead atoms. The van der Waals surface area contributed by atoms with Crippen molar-refractivity contribution in [3.05, 3.63) is 59.2 Å². The van der Waals surface area contributed by atoms with Crippen LogP contribution in [0.4, 0.5) is 14.5 Å². The second-order valence-electron chi connectivity index (χ2n) is 6.42. The van der Waals surface area contributed by atoms with Crippen LogP contribution in [0.3, 0.4) is 0 Å². The number of hydrogen-bond donors (Lipinski definition) is 2. The number of rotatable bonds is 6. The number of nitrogens with one attached hydrogen (secondary N) is 1. The first-order valence-electron chi connectivity index (χ1n) is 8.59. The molecule has 0 radical (unpaired) electrons. The van der Waals surface area contributed by atoms with E-state index < -0.39 is 25.0 Å². The highest BCUT2D eigenvalue weighted by Gasteiger charge is 2.31. The Bertz CT molecular complexity index is 978. The van der Waals surface area contributed by atoms with Crippen LogP contribution < -0.4 is 15.8 Å². The number of amides is 1. The average Bonchev–Trinajstić information content (AvgIpc) is 2.69. The molecule has 3 rings (SSSR count). The normalized spacial score (nSPS) is 18.3. The molecule has 3 N–H and O–H groups in total. The minimum atomic E-state index is -1.04. The van der Waals surface area contributed by atoms with Gasteiger partial charge in [0.25, 0.3) is 11.9 Å². The number of carbonyl (C=O) groups excluding carboxylic acids is 1. The molecule has 152 valence electrons. The van der Waals surface area contributed by atoms with Crippen LogP contribution in [-0.4, -0.2) is 35.4 Å². The minimum absolute atomic E-state index is 0.0255. The lowest BCUT2D eigenvalue weighted by atomic mass is 9.87. The summed E-state index contributed by atoms with van der Waals surface area (Å²) in [5.41, 5.74) is 6.81. The largest absolute Gasteiger partial charge is 0.445 e. The molecule has 2 aromatic rings. The Morgan fingerprint density at radius 2 is 2.10 bits per heavy atom. The number of halogens is 2. The Labute approximate surface area is 165 Å². The third-order valence-electron chi connectivity index (χ3n) is 4.26. The van der Waals surface area contributed by atoms with Crippen molar-refractivity contribution in [3.8, 4) is 5.88 Å². The van der Waals surface area contributed by atoms with Crippen LogP contribution >= 0.6 is 0 Å². The summed E-state index contributed by atoms with van der Waals surface area (Å²) in [5, 5.41) is 2.71. The van der Waals surface area contributed by atoms with E-state index in [0.29, 0.717) is 11.3 Å². The van der Waals surface area contributed by atoms with Crippen molar-refractivity contribution in [3.63, 3.8) is 0 Å². The number of ether oxygens (including phenoxy) is 2. The number of carbonyl (C=O) groups is 1. The molecule has 0 spiro atoms. The second-order valence-corrected chi connectivity index (χ2v) is 6.42. The maximum Gasteiger partial charge on any atom is 0.288 e. The summed E-state index contributed by atoms with van der Waals surface area (Å²) in [6.07, 6.45) is 3.88. The highest BCUT2D eigenvalue weighted by atomic mass is 19.1. The first-order chi connectivity index (χ1) is 13.8. The van der Waals surface area contributed by atoms with Gasteiger partial charge in [0, 0.05) is 5.69 Å². The number of allylic oxidation sites excluding steroid dienone is 1. The van der Waals surface area contributed by atoms with Gasteiger partial charge in [-0.3, -0.25) is 4.79 Å². The number of nitrogens with two attached hydrogens (primary N) is 1. The number of anilines is 1. The second kappa shape index (κ2) is 8.21. The van der Waals surface area contributed by atoms with E-state index in [2.05, 4.69) is 25.0 Å². The molecule has 8 nitrogen and oxygen atoms in total. The number of aliphatic imine (C=N–C) groups is 1. The fourth-order valence-corrected chi connectivity index (χ4v) is 2.97. The summed E-state index contributed by atoms with van der Waals surface area (Å²) in [6, 6.07) is 5.09. The monoisotopic (exact) mass is 403 g/mol. The lowest BCUT2D eigenvalue weighted by Crippen LogP contribution is -2.31. The molecule has 2 heterocycles. The predicted octanol–water partition coefficient (Wildman–Crippen LogP) is 2.76. The summed E-state index contributed by atoms with van der Waals surface area (Å²) >= 11 is 0. The first-order valence-corrected chi connectivity index (χ1v) is 8.59. The summed E-state index contributed by atoms with van der Waals surface area (Å²) in [7, 11) is 0. The maximum absolute atomic E-state index is 13.1. The molecular formula is C19H19F2N5O3. The summed E-state index contributed by atoms with van der Waals surface area (Å²) in [6.45, 7) is 1.77. The number of nitrogens with zero attached hydrogens (tertiary/aromatic N) is 3. The van der Waals surface area contributed by atoms with E-state index in [0.717, 1.165) is 11.8 Å². The molecule has 1 aliphatic rings. The summed E-state index contributed by atoms with van der Waals surface area (Å²) in [4.78, 5) is 24.4. The first kappa shape index (κ1) is 20.2. The third-order valence-corrected chi connectivity index (χ3v) is 4.26. The van der Waals surface area contributed by atoms with Gasteiger partial charge in [0.1, 0.15) is 23.7 Å². The van der Waals surface area contributed by atoms with Gasteiger partial charge < -0.3 is 20.5 Å². The molecule has 0 unspecified atom stereocenters. The molecule has 0 saturated carbocycles. The minimum Gasteiger partial charge on any atom is -0.445 e. The Morgan fingerprint density at radius 1 is 1.31 bits per heavy atom. The van der Waals surface area contributed by atoms with Crippen LogP contribution in [0, 0.1) is 6.92 Å². The van der Waals surface area contributed by atoms with Gasteiger partial charge in [0.15, 0.2) is 0 Å². The van der Waals surface area contributed by atoms with Gasteiger partial charge in [-0.25, -0.2) is 23.7 Å². The predicted molar refractivity (Wildman–Crippen MR) is 102 cm³/mol. The van der Waals surface area contributed by atoms with Crippen molar-refractivity contribution in [2.45, 2.75) is 19.4 Å². The SMILES string of the molecule is Cc1ccc(NC(=O)c2cnc(OCF)cn2)cc1[C@]1(C)C=C(CF)OC(N)=N1. The van der Waals surface area contributed by atoms with Gasteiger partial charge in [-0.15, -0.1) is 0 Å². The zero-order valence-electron chi connectivity index (χ0n) is 15.8. The molecule has 1 aromatic heterocycles. The Balaban J connectivity index is 1.86. The lowest BCUT2D eigenvalue weighted by molar-refractivity contribution is 0.102. The van der Waals surface area contributed by atoms with E-state index in [-0.39, 0.29) is 23.4 Å². The van der Waals surface area contributed by atoms with E-state index in [1.54, 1.807) is 31.2 Å². The molecule has 1 aliphatic heterocycles. The topological polar surface area (TPSA) is 112 Å². The Kier molecular flexibility index (Phi) is 5.71. The quantitative estimate of drug-likeness (QED) is 0.767. The standard InChI is InChI=1S/C19H19F2N5O3/c1-11-3-4-12(25-17(27)15-8-24-16(9-23-15)28-10-21)5-14(11)19(2)6-13(7-20)29-18(22)26-19/h3-6,8-9H,7,10H2,1-2H3,(H2,22,26)(H,25,27)/t19-/m0/s1. The Hall–Kier alpha value is -3.56. The molecule has 0 aliphatic carbocycles. The molecule has 10 heteroatoms. The van der Waals surface area contributed by atoms with E-state index >= 15 is 0 Å². The molecule has 0 saturated heterocycles. The average molecular weight is 403 g/mol. The number of hydrogen-bond acceptors (Lipinski definition) is 7. The molecular weight excluding hydrogens is 384 g/mol. The number of alkyl halides is 2. The fourth-order valence-electron chi connectivity index (χ4n) is 2.97. The van der Waals surface area contributed by atoms with Crippen LogP contribution in [0.25, 0.3) is 0 Å². The number of benzene rings is 1. The number of aryl methyl sites for hydroxylation is 1. The van der Waals surface area contributed by atoms with Gasteiger partial charge in [0.05, 0.1) is 12.4 Å². The van der Waals surface area contributed by atoms with Crippen molar-refractivity contribution in [1.29, 1.82) is 0 Å². The molecule has 29 heavy (non-hydrogen) atoms. The highest BCUT2D eigenvalue weighted by Crippen LogP contribution is 2.35. The zero-order valence-corrected chi connectivity index (χ0v) is 15.8. The third kappa shape index (κ3) is 4.48. The number of aromatic nitrogens is 2. The highest BCUT2D eigenvalue weighted by molar-refractivity contribution is 6.02. The maximum atomic E-state index is 13.1. The van der Waals surface area contributed by atoms with Crippen LogP contribution in [0.1, 0.15) is 28.5 Å². The van der Waals surface area contributed by atoms with E-state index in [1.165, 1.54) is 6.20 Å². The molecule has 1 atom stereocenters. The van der Waals surface area contributed by atoms with Gasteiger partial charge in [-0.2, -0.15) is 0 Å². The van der Waals surface area contributed by atoms with Gasteiger partial charge in [-0.1, -0.05) is 6.07 Å². The van der Waals surface area contributed by atoms with Crippen LogP contribution in [0.5, 0.6) is 5.88 Å². The number of amidine groups is 1. The molecule has 1 aromatic carbocycles. The summed E-state index contributed by atoms with van der Waals surface area (Å²) in [5.74, 6) is -0.473. The fraction of sp³-hybridized carbons (Fsp3) is 0.263. The smallest absolute Gasteiger partial charge is 0.288 e. The zero-order chi connectivity index (χ0) is 21.0. The van der Waals surface area contributed by atoms with E-state index in [1.807, 2.05) is 6.92 Å². The van der Waals surface area contributed by atoms with Crippen LogP contribution in [0.15, 0.2) is 47.4 Å². The van der Waals surface area contributed by atoms with Crippen LogP contribution in [-0.2, 0) is 10.3 Å². The van der Waals surface area contributed by atoms with E-state index in [4.69, 9.17) is 10.5 Å². The molecule has 0 fully saturated rings. The van der Waals surface area contributed by atoms with Crippen molar-refractivity contribution in [2.24, 2.45) is 10.7 Å². The van der Waals surface area contributed by atoms with Gasteiger partial charge >= 0.3 is 0 Å². The van der Waals surface area contributed by atoms with E-state index in [9.17, 15) is 13.6 Å². The van der Waals surface area contributed by atoms with Crippen molar-refractivity contribution < 1.29 is 23.0 Å². The Morgan fingerprint density at radius 3 is 2.76 bits per heavy atom. The summed E-state index contributed by atoms with van der Waals surface area (Å²) < 4.78 is 34.9. The van der Waals surface area contributed by atoms with Gasteiger partial charge in [0.2, 0.25) is 12.7 Å². The van der Waals surface area contributed by atoms with Crippen molar-refractivity contribution >= 4 is 17.6 Å². The van der Waals surface area contributed by atoms with Gasteiger partial charge in [-0.05, 0) is 43.2 Å². The van der Waals surface area contributed by atoms with Crippen LogP contribution in [0.2, 0.25) is 0 Å². The van der Waals surface area contributed by atoms with Crippen molar-refractivity contribution in [1.82, 2.24) is 9.97 Å². The molecule has 1 amide bonds. The van der Waals surface area contributed by atoms with Crippen molar-refractivity contribution in [2.75, 3.05) is 18.9 Å². The lowest BCUT2D eigenvalue weighted by Gasteiger charge is -2.29.